The maximum absolute atomic E-state index is 12.1. The highest BCUT2D eigenvalue weighted by Crippen LogP contribution is 2.47. The van der Waals surface area contributed by atoms with E-state index in [1.165, 1.54) is 17.5 Å². The van der Waals surface area contributed by atoms with E-state index in [1.807, 2.05) is 0 Å². The van der Waals surface area contributed by atoms with Gasteiger partial charge in [0.25, 0.3) is 0 Å². The summed E-state index contributed by atoms with van der Waals surface area (Å²) in [5.74, 6) is 2.17. The van der Waals surface area contributed by atoms with E-state index in [0.29, 0.717) is 28.6 Å². The number of likely N-dealkylation sites (N-methyl/N-ethyl adjacent to an activating group) is 1. The van der Waals surface area contributed by atoms with Crippen molar-refractivity contribution in [1.29, 1.82) is 0 Å². The van der Waals surface area contributed by atoms with Crippen molar-refractivity contribution in [1.82, 2.24) is 14.9 Å². The van der Waals surface area contributed by atoms with Crippen molar-refractivity contribution in [3.05, 3.63) is 52.7 Å². The molecule has 1 saturated heterocycles. The number of carbonyl (C=O) groups excluding carboxylic acids is 1. The van der Waals surface area contributed by atoms with Gasteiger partial charge in [0.1, 0.15) is 5.02 Å². The summed E-state index contributed by atoms with van der Waals surface area (Å²) in [5.41, 5.74) is 9.62. The Balaban J connectivity index is 1.22. The number of amides is 1. The maximum atomic E-state index is 12.1. The minimum atomic E-state index is -0.280. The average Bonchev–Trinajstić information content (AvgIpc) is 3.48. The lowest BCUT2D eigenvalue weighted by Crippen LogP contribution is -2.41. The predicted molar refractivity (Wildman–Crippen MR) is 130 cm³/mol. The molecule has 4 bridgehead atoms. The Hall–Kier alpha value is -2.64. The smallest absolute Gasteiger partial charge is 0.229 e. The third-order valence-corrected chi connectivity index (χ3v) is 8.31. The molecule has 172 valence electrons. The zero-order chi connectivity index (χ0) is 22.7. The summed E-state index contributed by atoms with van der Waals surface area (Å²) in [6.45, 7) is 5.64. The van der Waals surface area contributed by atoms with Crippen LogP contribution in [-0.2, 0) is 4.79 Å². The van der Waals surface area contributed by atoms with Gasteiger partial charge in [-0.1, -0.05) is 36.7 Å². The molecular weight excluding hydrogens is 436 g/mol. The number of allylic oxidation sites excluding steroid dienone is 1. The number of aromatic nitrogens is 2. The number of halogens is 1. The van der Waals surface area contributed by atoms with Crippen LogP contribution in [0.15, 0.2) is 36.5 Å². The van der Waals surface area contributed by atoms with Crippen LogP contribution in [0.25, 0.3) is 0 Å². The molecule has 1 aromatic heterocycles. The third-order valence-electron chi connectivity index (χ3n) is 8.03. The molecular formula is C25H29ClN6O. The van der Waals surface area contributed by atoms with Gasteiger partial charge in [-0.25, -0.2) is 4.98 Å². The van der Waals surface area contributed by atoms with E-state index in [4.69, 9.17) is 17.3 Å². The minimum absolute atomic E-state index is 0.0986. The maximum Gasteiger partial charge on any atom is 0.229 e. The van der Waals surface area contributed by atoms with Gasteiger partial charge in [-0.2, -0.15) is 4.98 Å². The Morgan fingerprint density at radius 2 is 1.97 bits per heavy atom. The number of primary amides is 1. The van der Waals surface area contributed by atoms with Crippen molar-refractivity contribution in [2.75, 3.05) is 30.3 Å². The van der Waals surface area contributed by atoms with Gasteiger partial charge in [0.15, 0.2) is 5.82 Å². The van der Waals surface area contributed by atoms with Gasteiger partial charge >= 0.3 is 0 Å². The molecule has 6 unspecified atom stereocenters. The fraction of sp³-hybridized carbons (Fsp3) is 0.480. The molecule has 3 aliphatic carbocycles. The Morgan fingerprint density at radius 1 is 1.18 bits per heavy atom. The lowest BCUT2D eigenvalue weighted by atomic mass is 9.88. The number of rotatable bonds is 6. The first kappa shape index (κ1) is 20.9. The number of hydrogen-bond donors (Lipinski definition) is 3. The van der Waals surface area contributed by atoms with E-state index in [9.17, 15) is 4.79 Å². The molecule has 8 heteroatoms. The molecule has 4 aliphatic rings. The Morgan fingerprint density at radius 3 is 2.76 bits per heavy atom. The van der Waals surface area contributed by atoms with E-state index in [0.717, 1.165) is 31.7 Å². The van der Waals surface area contributed by atoms with E-state index >= 15 is 0 Å². The molecule has 1 saturated carbocycles. The Bertz CT molecular complexity index is 1140. The quantitative estimate of drug-likeness (QED) is 0.561. The molecule has 0 spiro atoms. The number of anilines is 3. The summed E-state index contributed by atoms with van der Waals surface area (Å²) in [5, 5.41) is 7.19. The largest absolute Gasteiger partial charge is 0.369 e. The van der Waals surface area contributed by atoms with E-state index in [-0.39, 0.29) is 29.7 Å². The normalized spacial score (nSPS) is 31.6. The fourth-order valence-electron chi connectivity index (χ4n) is 6.50. The molecule has 7 nitrogen and oxygen atoms in total. The van der Waals surface area contributed by atoms with Crippen molar-refractivity contribution in [3.63, 3.8) is 0 Å². The van der Waals surface area contributed by atoms with Crippen LogP contribution < -0.4 is 16.4 Å². The summed E-state index contributed by atoms with van der Waals surface area (Å²) < 4.78 is 0. The SMILES string of the molecule is CCN1CC2CC(C1)c1cc(Nc3ncc(Cl)c(NC4C5C=CC(C5)C4C(N)=O)n3)ccc12. The number of likely N-dealkylation sites (tertiary alicyclic amines) is 1. The molecule has 33 heavy (non-hydrogen) atoms. The van der Waals surface area contributed by atoms with Crippen LogP contribution in [0, 0.1) is 17.8 Å². The zero-order valence-corrected chi connectivity index (χ0v) is 19.4. The Kier molecular flexibility index (Phi) is 5.07. The number of piperidine rings is 1. The molecule has 2 fully saturated rings. The second-order valence-corrected chi connectivity index (χ2v) is 10.3. The van der Waals surface area contributed by atoms with Gasteiger partial charge in [0.2, 0.25) is 11.9 Å². The third kappa shape index (κ3) is 3.58. The van der Waals surface area contributed by atoms with Crippen LogP contribution in [0.4, 0.5) is 17.5 Å². The first-order valence-electron chi connectivity index (χ1n) is 11.9. The number of nitrogens with two attached hydrogens (primary N) is 1. The molecule has 2 aromatic rings. The molecule has 6 rings (SSSR count). The standard InChI is InChI=1S/C25H29ClN6O/c1-2-32-11-15-8-16(12-32)19-9-17(5-6-18(15)19)29-25-28-10-20(26)24(31-25)30-22-14-4-3-13(7-14)21(22)23(27)33/h3-6,9-10,13-16,21-22H,2,7-8,11-12H2,1H3,(H2,27,33)(H2,28,29,30,31). The topological polar surface area (TPSA) is 96.2 Å². The van der Waals surface area contributed by atoms with Gasteiger partial charge in [0, 0.05) is 24.8 Å². The van der Waals surface area contributed by atoms with Crippen molar-refractivity contribution < 1.29 is 4.79 Å². The van der Waals surface area contributed by atoms with Crippen molar-refractivity contribution in [2.24, 2.45) is 23.5 Å². The van der Waals surface area contributed by atoms with Crippen LogP contribution >= 0.6 is 11.6 Å². The first-order chi connectivity index (χ1) is 16.0. The second-order valence-electron chi connectivity index (χ2n) is 9.89. The number of nitrogens with one attached hydrogen (secondary N) is 2. The summed E-state index contributed by atoms with van der Waals surface area (Å²) in [6.07, 6.45) is 8.05. The van der Waals surface area contributed by atoms with Crippen LogP contribution in [0.3, 0.4) is 0 Å². The monoisotopic (exact) mass is 464 g/mol. The highest BCUT2D eigenvalue weighted by atomic mass is 35.5. The molecule has 4 N–H and O–H groups in total. The van der Waals surface area contributed by atoms with Gasteiger partial charge < -0.3 is 21.3 Å². The summed E-state index contributed by atoms with van der Waals surface area (Å²) in [4.78, 5) is 23.6. The minimum Gasteiger partial charge on any atom is -0.369 e. The lowest BCUT2D eigenvalue weighted by Gasteiger charge is -2.30. The van der Waals surface area contributed by atoms with Crippen LogP contribution in [0.1, 0.15) is 42.7 Å². The van der Waals surface area contributed by atoms with Crippen LogP contribution in [-0.4, -0.2) is 46.5 Å². The molecule has 1 amide bonds. The molecule has 1 aromatic carbocycles. The number of nitrogens with zero attached hydrogens (tertiary/aromatic N) is 3. The number of carbonyl (C=O) groups is 1. The number of hydrogen-bond acceptors (Lipinski definition) is 6. The van der Waals surface area contributed by atoms with E-state index in [1.54, 1.807) is 6.20 Å². The van der Waals surface area contributed by atoms with Crippen molar-refractivity contribution in [2.45, 2.75) is 37.6 Å². The molecule has 0 radical (unpaired) electrons. The van der Waals surface area contributed by atoms with Gasteiger partial charge in [-0.05, 0) is 66.3 Å². The predicted octanol–water partition coefficient (Wildman–Crippen LogP) is 3.87. The second kappa shape index (κ2) is 7.99. The Labute approximate surface area is 198 Å². The van der Waals surface area contributed by atoms with Crippen LogP contribution in [0.5, 0.6) is 0 Å². The summed E-state index contributed by atoms with van der Waals surface area (Å²) >= 11 is 6.42. The number of fused-ring (bicyclic) bond motifs is 7. The zero-order valence-electron chi connectivity index (χ0n) is 18.7. The van der Waals surface area contributed by atoms with Crippen molar-refractivity contribution in [3.8, 4) is 0 Å². The van der Waals surface area contributed by atoms with Crippen molar-refractivity contribution >= 4 is 35.0 Å². The lowest BCUT2D eigenvalue weighted by molar-refractivity contribution is -0.122. The average molecular weight is 465 g/mol. The number of benzene rings is 1. The molecule has 1 aliphatic heterocycles. The summed E-state index contributed by atoms with van der Waals surface area (Å²) in [7, 11) is 0. The van der Waals surface area contributed by atoms with Gasteiger partial charge in [-0.15, -0.1) is 0 Å². The van der Waals surface area contributed by atoms with Gasteiger partial charge in [-0.3, -0.25) is 4.79 Å². The highest BCUT2D eigenvalue weighted by molar-refractivity contribution is 6.32. The summed E-state index contributed by atoms with van der Waals surface area (Å²) in [6, 6.07) is 6.53. The van der Waals surface area contributed by atoms with E-state index in [2.05, 4.69) is 62.8 Å². The van der Waals surface area contributed by atoms with E-state index < -0.39 is 0 Å². The van der Waals surface area contributed by atoms with Crippen LogP contribution in [0.2, 0.25) is 5.02 Å². The van der Waals surface area contributed by atoms with Gasteiger partial charge in [0.05, 0.1) is 12.1 Å². The fourth-order valence-corrected chi connectivity index (χ4v) is 6.65. The molecule has 2 heterocycles. The molecule has 6 atom stereocenters. The first-order valence-corrected chi connectivity index (χ1v) is 12.3. The highest BCUT2D eigenvalue weighted by Gasteiger charge is 2.47.